The molecule has 0 saturated carbocycles. The average molecular weight is 285 g/mol. The average Bonchev–Trinajstić information content (AvgIpc) is 2.40. The van der Waals surface area contributed by atoms with Gasteiger partial charge in [0.15, 0.2) is 0 Å². The first-order valence-electron chi connectivity index (χ1n) is 7.29. The second-order valence-electron chi connectivity index (χ2n) is 6.53. The Labute approximate surface area is 126 Å². The van der Waals surface area contributed by atoms with Gasteiger partial charge in [-0.3, -0.25) is 4.79 Å². The van der Waals surface area contributed by atoms with E-state index in [1.807, 2.05) is 71.0 Å². The molecular weight excluding hydrogens is 262 g/mol. The van der Waals surface area contributed by atoms with Gasteiger partial charge in [-0.15, -0.1) is 0 Å². The Hall–Kier alpha value is -2.03. The summed E-state index contributed by atoms with van der Waals surface area (Å²) in [5.74, 6) is 0.847. The van der Waals surface area contributed by atoms with E-state index in [4.69, 9.17) is 4.74 Å². The summed E-state index contributed by atoms with van der Waals surface area (Å²) in [4.78, 5) is 12.2. The molecule has 0 atom stereocenters. The second kappa shape index (κ2) is 5.76. The van der Waals surface area contributed by atoms with E-state index in [2.05, 4.69) is 5.32 Å². The number of nitrogens with one attached hydrogen (secondary N) is 1. The van der Waals surface area contributed by atoms with Crippen LogP contribution in [0.25, 0.3) is 10.8 Å². The van der Waals surface area contributed by atoms with Gasteiger partial charge < -0.3 is 10.1 Å². The Morgan fingerprint density at radius 3 is 2.24 bits per heavy atom. The van der Waals surface area contributed by atoms with E-state index in [1.54, 1.807) is 0 Å². The third-order valence-corrected chi connectivity index (χ3v) is 3.18. The largest absolute Gasteiger partial charge is 0.490 e. The van der Waals surface area contributed by atoms with Gasteiger partial charge >= 0.3 is 0 Å². The molecule has 0 saturated heterocycles. The molecular formula is C18H23NO2. The Kier molecular flexibility index (Phi) is 4.21. The predicted octanol–water partition coefficient (Wildman–Crippen LogP) is 4.61. The van der Waals surface area contributed by atoms with Crippen molar-refractivity contribution in [1.29, 1.82) is 0 Å². The maximum atomic E-state index is 12.2. The van der Waals surface area contributed by atoms with Crippen LogP contribution in [0.1, 0.15) is 34.6 Å². The zero-order valence-corrected chi connectivity index (χ0v) is 13.4. The highest BCUT2D eigenvalue weighted by Gasteiger charge is 2.22. The van der Waals surface area contributed by atoms with E-state index < -0.39 is 5.41 Å². The molecule has 3 nitrogen and oxygen atoms in total. The van der Waals surface area contributed by atoms with Gasteiger partial charge in [0.2, 0.25) is 5.91 Å². The van der Waals surface area contributed by atoms with Crippen LogP contribution in [0.5, 0.6) is 5.75 Å². The van der Waals surface area contributed by atoms with Crippen LogP contribution >= 0.6 is 0 Å². The summed E-state index contributed by atoms with van der Waals surface area (Å²) in [5.41, 5.74) is 0.399. The summed E-state index contributed by atoms with van der Waals surface area (Å²) in [6, 6.07) is 11.8. The number of anilines is 1. The molecule has 0 aromatic heterocycles. The van der Waals surface area contributed by atoms with E-state index in [9.17, 15) is 4.79 Å². The topological polar surface area (TPSA) is 38.3 Å². The van der Waals surface area contributed by atoms with Gasteiger partial charge in [-0.1, -0.05) is 45.0 Å². The third kappa shape index (κ3) is 3.54. The Morgan fingerprint density at radius 1 is 1.05 bits per heavy atom. The standard InChI is InChI=1S/C18H23NO2/c1-12(2)21-16-11-10-15(19-17(20)18(3,4)5)13-8-6-7-9-14(13)16/h6-12H,1-5H3,(H,19,20). The van der Waals surface area contributed by atoms with Gasteiger partial charge in [0.25, 0.3) is 0 Å². The van der Waals surface area contributed by atoms with Crippen molar-refractivity contribution in [2.75, 3.05) is 5.32 Å². The van der Waals surface area contributed by atoms with Crippen molar-refractivity contribution >= 4 is 22.4 Å². The summed E-state index contributed by atoms with van der Waals surface area (Å²) >= 11 is 0. The third-order valence-electron chi connectivity index (χ3n) is 3.18. The van der Waals surface area contributed by atoms with Gasteiger partial charge in [-0.05, 0) is 26.0 Å². The SMILES string of the molecule is CC(C)Oc1ccc(NC(=O)C(C)(C)C)c2ccccc12. The molecule has 3 heteroatoms. The molecule has 2 rings (SSSR count). The number of carbonyl (C=O) groups is 1. The summed E-state index contributed by atoms with van der Waals surface area (Å²) in [6.07, 6.45) is 0.114. The maximum Gasteiger partial charge on any atom is 0.229 e. The molecule has 0 unspecified atom stereocenters. The quantitative estimate of drug-likeness (QED) is 0.894. The van der Waals surface area contributed by atoms with Gasteiger partial charge in [0.05, 0.1) is 6.10 Å². The highest BCUT2D eigenvalue weighted by Crippen LogP contribution is 2.33. The van der Waals surface area contributed by atoms with Crippen LogP contribution in [-0.4, -0.2) is 12.0 Å². The fourth-order valence-corrected chi connectivity index (χ4v) is 2.05. The van der Waals surface area contributed by atoms with E-state index in [0.717, 1.165) is 22.2 Å². The van der Waals surface area contributed by atoms with Crippen LogP contribution in [0.2, 0.25) is 0 Å². The normalized spacial score (nSPS) is 11.7. The molecule has 0 aliphatic rings. The summed E-state index contributed by atoms with van der Waals surface area (Å²) in [5, 5.41) is 5.02. The number of hydrogen-bond acceptors (Lipinski definition) is 2. The van der Waals surface area contributed by atoms with Gasteiger partial charge in [0.1, 0.15) is 5.75 Å². The molecule has 0 fully saturated rings. The zero-order chi connectivity index (χ0) is 15.6. The lowest BCUT2D eigenvalue weighted by Crippen LogP contribution is -2.27. The predicted molar refractivity (Wildman–Crippen MR) is 87.8 cm³/mol. The van der Waals surface area contributed by atoms with Crippen LogP contribution in [0.15, 0.2) is 36.4 Å². The molecule has 0 bridgehead atoms. The van der Waals surface area contributed by atoms with Crippen molar-refractivity contribution in [3.8, 4) is 5.75 Å². The molecule has 0 radical (unpaired) electrons. The monoisotopic (exact) mass is 285 g/mol. The number of rotatable bonds is 3. The number of fused-ring (bicyclic) bond motifs is 1. The van der Waals surface area contributed by atoms with E-state index >= 15 is 0 Å². The minimum absolute atomic E-state index is 0.00480. The molecule has 112 valence electrons. The van der Waals surface area contributed by atoms with Crippen molar-refractivity contribution in [3.05, 3.63) is 36.4 Å². The molecule has 1 amide bonds. The number of ether oxygens (including phenoxy) is 1. The van der Waals surface area contributed by atoms with E-state index in [0.29, 0.717) is 0 Å². The molecule has 0 heterocycles. The molecule has 0 aliphatic carbocycles. The van der Waals surface area contributed by atoms with Crippen LogP contribution in [0.3, 0.4) is 0 Å². The van der Waals surface area contributed by atoms with Crippen LogP contribution < -0.4 is 10.1 Å². The summed E-state index contributed by atoms with van der Waals surface area (Å²) < 4.78 is 5.84. The van der Waals surface area contributed by atoms with Crippen LogP contribution in [0.4, 0.5) is 5.69 Å². The summed E-state index contributed by atoms with van der Waals surface area (Å²) in [6.45, 7) is 9.72. The van der Waals surface area contributed by atoms with Crippen LogP contribution in [0, 0.1) is 5.41 Å². The smallest absolute Gasteiger partial charge is 0.229 e. The lowest BCUT2D eigenvalue weighted by molar-refractivity contribution is -0.123. The van der Waals surface area contributed by atoms with Crippen LogP contribution in [-0.2, 0) is 4.79 Å². The van der Waals surface area contributed by atoms with Gasteiger partial charge in [-0.25, -0.2) is 0 Å². The second-order valence-corrected chi connectivity index (χ2v) is 6.53. The molecule has 0 aliphatic heterocycles. The molecule has 21 heavy (non-hydrogen) atoms. The minimum Gasteiger partial charge on any atom is -0.490 e. The first-order valence-corrected chi connectivity index (χ1v) is 7.29. The van der Waals surface area contributed by atoms with Crippen molar-refractivity contribution in [1.82, 2.24) is 0 Å². The number of hydrogen-bond donors (Lipinski definition) is 1. The van der Waals surface area contributed by atoms with Crippen molar-refractivity contribution in [2.24, 2.45) is 5.41 Å². The number of amides is 1. The zero-order valence-electron chi connectivity index (χ0n) is 13.4. The molecule has 1 N–H and O–H groups in total. The molecule has 2 aromatic carbocycles. The number of benzene rings is 2. The molecule has 0 spiro atoms. The highest BCUT2D eigenvalue weighted by atomic mass is 16.5. The summed E-state index contributed by atoms with van der Waals surface area (Å²) in [7, 11) is 0. The van der Waals surface area contributed by atoms with Gasteiger partial charge in [0, 0.05) is 21.9 Å². The Balaban J connectivity index is 2.45. The lowest BCUT2D eigenvalue weighted by Gasteiger charge is -2.20. The van der Waals surface area contributed by atoms with Crippen molar-refractivity contribution < 1.29 is 9.53 Å². The maximum absolute atomic E-state index is 12.2. The minimum atomic E-state index is -0.422. The first-order chi connectivity index (χ1) is 9.79. The Bertz CT molecular complexity index is 654. The number of carbonyl (C=O) groups excluding carboxylic acids is 1. The molecule has 2 aromatic rings. The fourth-order valence-electron chi connectivity index (χ4n) is 2.05. The van der Waals surface area contributed by atoms with E-state index in [-0.39, 0.29) is 12.0 Å². The van der Waals surface area contributed by atoms with Gasteiger partial charge in [-0.2, -0.15) is 0 Å². The van der Waals surface area contributed by atoms with Crippen molar-refractivity contribution in [2.45, 2.75) is 40.7 Å². The fraction of sp³-hybridized carbons (Fsp3) is 0.389. The lowest BCUT2D eigenvalue weighted by atomic mass is 9.95. The Morgan fingerprint density at radius 2 is 1.67 bits per heavy atom. The van der Waals surface area contributed by atoms with E-state index in [1.165, 1.54) is 0 Å². The van der Waals surface area contributed by atoms with Crippen molar-refractivity contribution in [3.63, 3.8) is 0 Å². The highest BCUT2D eigenvalue weighted by molar-refractivity contribution is 6.05. The first kappa shape index (κ1) is 15.4.